The molecule has 1 heterocycles. The third-order valence-electron chi connectivity index (χ3n) is 4.17. The molecule has 1 saturated heterocycles. The van der Waals surface area contributed by atoms with Crippen LogP contribution in [0.2, 0.25) is 0 Å². The Balaban J connectivity index is 1.81. The molecule has 0 bridgehead atoms. The minimum atomic E-state index is 0.293. The van der Waals surface area contributed by atoms with E-state index in [9.17, 15) is 0 Å². The molecule has 1 unspecified atom stereocenters. The normalized spacial score (nSPS) is 17.5. The van der Waals surface area contributed by atoms with Crippen molar-refractivity contribution in [1.29, 1.82) is 0 Å². The number of hydrogen-bond donors (Lipinski definition) is 0. The summed E-state index contributed by atoms with van der Waals surface area (Å²) in [6.45, 7) is 2.83. The van der Waals surface area contributed by atoms with Crippen molar-refractivity contribution in [2.75, 3.05) is 27.1 Å². The van der Waals surface area contributed by atoms with Gasteiger partial charge in [-0.15, -0.1) is 0 Å². The van der Waals surface area contributed by atoms with Crippen LogP contribution in [0.4, 0.5) is 0 Å². The van der Waals surface area contributed by atoms with E-state index in [4.69, 9.17) is 9.47 Å². The highest BCUT2D eigenvalue weighted by Crippen LogP contribution is 2.31. The zero-order valence-electron chi connectivity index (χ0n) is 13.0. The van der Waals surface area contributed by atoms with Gasteiger partial charge in [-0.3, -0.25) is 4.90 Å². The quantitative estimate of drug-likeness (QED) is 0.843. The molecule has 0 radical (unpaired) electrons. The van der Waals surface area contributed by atoms with E-state index in [1.165, 1.54) is 11.1 Å². The van der Waals surface area contributed by atoms with Crippen LogP contribution in [0, 0.1) is 5.92 Å². The monoisotopic (exact) mass is 297 g/mol. The number of nitrogens with zero attached hydrogens (tertiary/aromatic N) is 1. The van der Waals surface area contributed by atoms with Crippen LogP contribution in [0.1, 0.15) is 17.2 Å². The zero-order chi connectivity index (χ0) is 15.2. The van der Waals surface area contributed by atoms with E-state index >= 15 is 0 Å². The molecule has 0 aliphatic carbocycles. The first-order valence-electron chi connectivity index (χ1n) is 7.79. The Morgan fingerprint density at radius 1 is 0.955 bits per heavy atom. The van der Waals surface area contributed by atoms with Crippen LogP contribution < -0.4 is 0 Å². The van der Waals surface area contributed by atoms with Gasteiger partial charge in [0.1, 0.15) is 6.79 Å². The summed E-state index contributed by atoms with van der Waals surface area (Å²) in [6, 6.07) is 21.5. The molecule has 0 aromatic heterocycles. The van der Waals surface area contributed by atoms with Crippen molar-refractivity contribution in [2.24, 2.45) is 5.92 Å². The average Bonchev–Trinajstić information content (AvgIpc) is 2.58. The second-order valence-corrected chi connectivity index (χ2v) is 5.88. The molecule has 0 spiro atoms. The lowest BCUT2D eigenvalue weighted by atomic mass is 9.92. The van der Waals surface area contributed by atoms with E-state index in [1.807, 2.05) is 0 Å². The molecule has 3 nitrogen and oxygen atoms in total. The standard InChI is InChI=1S/C19H23NO2/c1-20(12-16-8-4-2-5-9-16)19(17-10-6-3-7-11-17)18-13-21-15-22-14-18/h2-11,18-19H,12-15H2,1H3. The second-order valence-electron chi connectivity index (χ2n) is 5.88. The van der Waals surface area contributed by atoms with Crippen molar-refractivity contribution in [2.45, 2.75) is 12.6 Å². The van der Waals surface area contributed by atoms with Gasteiger partial charge < -0.3 is 9.47 Å². The summed E-state index contributed by atoms with van der Waals surface area (Å²) >= 11 is 0. The van der Waals surface area contributed by atoms with Gasteiger partial charge in [0.25, 0.3) is 0 Å². The van der Waals surface area contributed by atoms with Gasteiger partial charge in [-0.1, -0.05) is 60.7 Å². The molecular formula is C19H23NO2. The molecule has 1 fully saturated rings. The molecule has 2 aromatic rings. The Morgan fingerprint density at radius 3 is 2.18 bits per heavy atom. The molecule has 3 rings (SSSR count). The maximum absolute atomic E-state index is 5.54. The molecule has 2 aromatic carbocycles. The summed E-state index contributed by atoms with van der Waals surface area (Å²) in [5, 5.41) is 0. The van der Waals surface area contributed by atoms with E-state index in [2.05, 4.69) is 72.6 Å². The van der Waals surface area contributed by atoms with Crippen molar-refractivity contribution < 1.29 is 9.47 Å². The molecule has 0 amide bonds. The number of benzene rings is 2. The summed E-state index contributed by atoms with van der Waals surface area (Å²) in [5.41, 5.74) is 2.64. The van der Waals surface area contributed by atoms with Crippen LogP contribution in [-0.4, -0.2) is 32.0 Å². The van der Waals surface area contributed by atoms with Crippen LogP contribution in [-0.2, 0) is 16.0 Å². The summed E-state index contributed by atoms with van der Waals surface area (Å²) in [7, 11) is 2.18. The summed E-state index contributed by atoms with van der Waals surface area (Å²) in [4.78, 5) is 2.40. The Morgan fingerprint density at radius 2 is 1.55 bits per heavy atom. The summed E-state index contributed by atoms with van der Waals surface area (Å²) in [6.07, 6.45) is 0. The van der Waals surface area contributed by atoms with Crippen molar-refractivity contribution in [3.8, 4) is 0 Å². The van der Waals surface area contributed by atoms with Crippen LogP contribution in [0.25, 0.3) is 0 Å². The summed E-state index contributed by atoms with van der Waals surface area (Å²) in [5.74, 6) is 0.352. The van der Waals surface area contributed by atoms with Crippen LogP contribution in [0.3, 0.4) is 0 Å². The number of ether oxygens (including phenoxy) is 2. The second kappa shape index (κ2) is 7.54. The first kappa shape index (κ1) is 15.2. The molecule has 1 atom stereocenters. The predicted molar refractivity (Wildman–Crippen MR) is 87.4 cm³/mol. The minimum absolute atomic E-state index is 0.293. The van der Waals surface area contributed by atoms with Crippen LogP contribution >= 0.6 is 0 Å². The Labute approximate surface area is 132 Å². The van der Waals surface area contributed by atoms with Gasteiger partial charge in [-0.2, -0.15) is 0 Å². The fraction of sp³-hybridized carbons (Fsp3) is 0.368. The molecule has 0 saturated carbocycles. The molecule has 1 aliphatic rings. The van der Waals surface area contributed by atoms with Crippen LogP contribution in [0.5, 0.6) is 0 Å². The first-order valence-corrected chi connectivity index (χ1v) is 7.79. The molecule has 22 heavy (non-hydrogen) atoms. The smallest absolute Gasteiger partial charge is 0.146 e. The van der Waals surface area contributed by atoms with Gasteiger partial charge in [-0.25, -0.2) is 0 Å². The van der Waals surface area contributed by atoms with Gasteiger partial charge in [0.05, 0.1) is 13.2 Å². The molecule has 0 N–H and O–H groups in total. The Hall–Kier alpha value is -1.68. The number of rotatable bonds is 5. The largest absolute Gasteiger partial charge is 0.355 e. The highest BCUT2D eigenvalue weighted by molar-refractivity contribution is 5.21. The lowest BCUT2D eigenvalue weighted by Crippen LogP contribution is -2.37. The lowest BCUT2D eigenvalue weighted by Gasteiger charge is -2.36. The maximum Gasteiger partial charge on any atom is 0.146 e. The topological polar surface area (TPSA) is 21.7 Å². The van der Waals surface area contributed by atoms with E-state index in [0.29, 0.717) is 18.8 Å². The fourth-order valence-electron chi connectivity index (χ4n) is 3.19. The molecule has 3 heteroatoms. The van der Waals surface area contributed by atoms with Crippen LogP contribution in [0.15, 0.2) is 60.7 Å². The van der Waals surface area contributed by atoms with Gasteiger partial charge in [0, 0.05) is 18.5 Å². The predicted octanol–water partition coefficient (Wildman–Crippen LogP) is 3.48. The van der Waals surface area contributed by atoms with Crippen molar-refractivity contribution >= 4 is 0 Å². The zero-order valence-corrected chi connectivity index (χ0v) is 13.0. The summed E-state index contributed by atoms with van der Waals surface area (Å²) < 4.78 is 11.1. The Kier molecular flexibility index (Phi) is 5.22. The fourth-order valence-corrected chi connectivity index (χ4v) is 3.19. The van der Waals surface area contributed by atoms with E-state index in [0.717, 1.165) is 19.8 Å². The maximum atomic E-state index is 5.54. The van der Waals surface area contributed by atoms with Crippen molar-refractivity contribution in [3.63, 3.8) is 0 Å². The van der Waals surface area contributed by atoms with Gasteiger partial charge >= 0.3 is 0 Å². The van der Waals surface area contributed by atoms with E-state index in [1.54, 1.807) is 0 Å². The lowest BCUT2D eigenvalue weighted by molar-refractivity contribution is -0.141. The third-order valence-corrected chi connectivity index (χ3v) is 4.17. The number of hydrogen-bond acceptors (Lipinski definition) is 3. The first-order chi connectivity index (χ1) is 10.8. The van der Waals surface area contributed by atoms with Crippen molar-refractivity contribution in [3.05, 3.63) is 71.8 Å². The van der Waals surface area contributed by atoms with Gasteiger partial charge in [-0.05, 0) is 18.2 Å². The molecule has 1 aliphatic heterocycles. The SMILES string of the molecule is CN(Cc1ccccc1)C(c1ccccc1)C1COCOC1. The van der Waals surface area contributed by atoms with E-state index in [-0.39, 0.29) is 0 Å². The Bertz CT molecular complexity index is 552. The molecular weight excluding hydrogens is 274 g/mol. The van der Waals surface area contributed by atoms with E-state index < -0.39 is 0 Å². The molecule has 116 valence electrons. The van der Waals surface area contributed by atoms with Gasteiger partial charge in [0.15, 0.2) is 0 Å². The third kappa shape index (κ3) is 3.74. The van der Waals surface area contributed by atoms with Crippen molar-refractivity contribution in [1.82, 2.24) is 4.90 Å². The van der Waals surface area contributed by atoms with Gasteiger partial charge in [0.2, 0.25) is 0 Å². The minimum Gasteiger partial charge on any atom is -0.355 e. The highest BCUT2D eigenvalue weighted by Gasteiger charge is 2.29. The highest BCUT2D eigenvalue weighted by atomic mass is 16.7. The average molecular weight is 297 g/mol.